The SMILES string of the molecule is CC1(C)CC2(OC=O)CCC1C2. The Morgan fingerprint density at radius 2 is 2.25 bits per heavy atom. The predicted molar refractivity (Wildman–Crippen MR) is 45.6 cm³/mol. The molecule has 0 aliphatic heterocycles. The zero-order chi connectivity index (χ0) is 8.82. The van der Waals surface area contributed by atoms with Crippen molar-refractivity contribution >= 4 is 6.47 Å². The van der Waals surface area contributed by atoms with E-state index in [4.69, 9.17) is 4.74 Å². The molecule has 2 saturated carbocycles. The Kier molecular flexibility index (Phi) is 1.51. The summed E-state index contributed by atoms with van der Waals surface area (Å²) in [6, 6.07) is 0. The van der Waals surface area contributed by atoms with Gasteiger partial charge in [0.05, 0.1) is 0 Å². The molecule has 2 nitrogen and oxygen atoms in total. The highest BCUT2D eigenvalue weighted by atomic mass is 16.5. The Labute approximate surface area is 73.3 Å². The van der Waals surface area contributed by atoms with E-state index in [0.29, 0.717) is 11.9 Å². The summed E-state index contributed by atoms with van der Waals surface area (Å²) < 4.78 is 5.24. The molecule has 2 aliphatic carbocycles. The number of rotatable bonds is 2. The van der Waals surface area contributed by atoms with Crippen LogP contribution in [0.1, 0.15) is 39.5 Å². The minimum Gasteiger partial charge on any atom is -0.461 e. The van der Waals surface area contributed by atoms with Crippen molar-refractivity contribution < 1.29 is 9.53 Å². The minimum atomic E-state index is -0.0735. The van der Waals surface area contributed by atoms with E-state index in [1.807, 2.05) is 0 Å². The van der Waals surface area contributed by atoms with E-state index in [-0.39, 0.29) is 5.60 Å². The molecule has 0 saturated heterocycles. The van der Waals surface area contributed by atoms with Gasteiger partial charge in [0.25, 0.3) is 6.47 Å². The number of carbonyl (C=O) groups is 1. The lowest BCUT2D eigenvalue weighted by molar-refractivity contribution is -0.143. The predicted octanol–water partition coefficient (Wildman–Crippen LogP) is 2.13. The molecule has 0 amide bonds. The Morgan fingerprint density at radius 1 is 1.50 bits per heavy atom. The summed E-state index contributed by atoms with van der Waals surface area (Å²) in [5.41, 5.74) is 0.317. The highest BCUT2D eigenvalue weighted by Gasteiger charge is 2.55. The van der Waals surface area contributed by atoms with Crippen molar-refractivity contribution in [2.24, 2.45) is 11.3 Å². The maximum absolute atomic E-state index is 10.3. The quantitative estimate of drug-likeness (QED) is 0.590. The molecule has 2 rings (SSSR count). The van der Waals surface area contributed by atoms with E-state index in [1.165, 1.54) is 6.42 Å². The molecule has 2 fully saturated rings. The number of ether oxygens (including phenoxy) is 1. The molecule has 12 heavy (non-hydrogen) atoms. The number of fused-ring (bicyclic) bond motifs is 2. The van der Waals surface area contributed by atoms with Crippen LogP contribution in [0.3, 0.4) is 0 Å². The normalized spacial score (nSPS) is 43.0. The van der Waals surface area contributed by atoms with E-state index in [1.54, 1.807) is 0 Å². The van der Waals surface area contributed by atoms with Crippen molar-refractivity contribution in [3.63, 3.8) is 0 Å². The number of hydrogen-bond donors (Lipinski definition) is 0. The third-order valence-corrected chi connectivity index (χ3v) is 3.75. The maximum Gasteiger partial charge on any atom is 0.293 e. The lowest BCUT2D eigenvalue weighted by atomic mass is 9.76. The second-order valence-electron chi connectivity index (χ2n) is 5.00. The van der Waals surface area contributed by atoms with Gasteiger partial charge in [0.15, 0.2) is 0 Å². The maximum atomic E-state index is 10.3. The van der Waals surface area contributed by atoms with Gasteiger partial charge < -0.3 is 4.74 Å². The van der Waals surface area contributed by atoms with Crippen molar-refractivity contribution in [1.82, 2.24) is 0 Å². The highest BCUT2D eigenvalue weighted by molar-refractivity contribution is 5.39. The molecule has 2 unspecified atom stereocenters. The van der Waals surface area contributed by atoms with Crippen LogP contribution >= 0.6 is 0 Å². The van der Waals surface area contributed by atoms with E-state index in [0.717, 1.165) is 25.2 Å². The molecule has 0 spiro atoms. The first-order valence-corrected chi connectivity index (χ1v) is 4.69. The van der Waals surface area contributed by atoms with Crippen LogP contribution in [0.4, 0.5) is 0 Å². The molecule has 0 N–H and O–H groups in total. The second kappa shape index (κ2) is 2.24. The third kappa shape index (κ3) is 0.970. The summed E-state index contributed by atoms with van der Waals surface area (Å²) in [7, 11) is 0. The van der Waals surface area contributed by atoms with E-state index in [2.05, 4.69) is 13.8 Å². The summed E-state index contributed by atoms with van der Waals surface area (Å²) in [6.45, 7) is 5.20. The molecular weight excluding hydrogens is 152 g/mol. The minimum absolute atomic E-state index is 0.0735. The van der Waals surface area contributed by atoms with Crippen LogP contribution < -0.4 is 0 Å². The first kappa shape index (κ1) is 8.09. The van der Waals surface area contributed by atoms with Gasteiger partial charge in [-0.1, -0.05) is 13.8 Å². The third-order valence-electron chi connectivity index (χ3n) is 3.75. The molecule has 0 aromatic rings. The fourth-order valence-electron chi connectivity index (χ4n) is 3.14. The van der Waals surface area contributed by atoms with Crippen LogP contribution in [0.25, 0.3) is 0 Å². The summed E-state index contributed by atoms with van der Waals surface area (Å²) in [4.78, 5) is 10.3. The average Bonchev–Trinajstić information content (AvgIpc) is 2.41. The largest absolute Gasteiger partial charge is 0.461 e. The molecule has 2 heteroatoms. The molecule has 0 aromatic heterocycles. The summed E-state index contributed by atoms with van der Waals surface area (Å²) in [6.07, 6.45) is 4.48. The van der Waals surface area contributed by atoms with Gasteiger partial charge in [-0.2, -0.15) is 0 Å². The lowest BCUT2D eigenvalue weighted by Crippen LogP contribution is -2.31. The van der Waals surface area contributed by atoms with Gasteiger partial charge in [-0.3, -0.25) is 4.79 Å². The molecule has 2 bridgehead atoms. The first-order valence-electron chi connectivity index (χ1n) is 4.69. The van der Waals surface area contributed by atoms with Gasteiger partial charge in [-0.05, 0) is 37.0 Å². The highest BCUT2D eigenvalue weighted by Crippen LogP contribution is 2.59. The molecule has 68 valence electrons. The Morgan fingerprint density at radius 3 is 2.67 bits per heavy atom. The molecule has 0 heterocycles. The van der Waals surface area contributed by atoms with Crippen LogP contribution in [-0.4, -0.2) is 12.1 Å². The molecule has 2 atom stereocenters. The van der Waals surface area contributed by atoms with E-state index >= 15 is 0 Å². The molecule has 2 aliphatic rings. The second-order valence-corrected chi connectivity index (χ2v) is 5.00. The van der Waals surface area contributed by atoms with Crippen LogP contribution in [-0.2, 0) is 9.53 Å². The zero-order valence-electron chi connectivity index (χ0n) is 7.80. The van der Waals surface area contributed by atoms with Crippen molar-refractivity contribution in [3.05, 3.63) is 0 Å². The average molecular weight is 168 g/mol. The van der Waals surface area contributed by atoms with Crippen LogP contribution in [0, 0.1) is 11.3 Å². The monoisotopic (exact) mass is 168 g/mol. The van der Waals surface area contributed by atoms with Gasteiger partial charge in [0, 0.05) is 0 Å². The first-order chi connectivity index (χ1) is 5.58. The van der Waals surface area contributed by atoms with Crippen molar-refractivity contribution in [2.45, 2.75) is 45.1 Å². The van der Waals surface area contributed by atoms with Crippen LogP contribution in [0.2, 0.25) is 0 Å². The number of hydrogen-bond acceptors (Lipinski definition) is 2. The molecule has 0 aromatic carbocycles. The standard InChI is InChI=1S/C10H16O2/c1-9(2)6-10(12-7-11)4-3-8(9)5-10/h7-8H,3-6H2,1-2H3. The van der Waals surface area contributed by atoms with Gasteiger partial charge in [0.1, 0.15) is 5.60 Å². The van der Waals surface area contributed by atoms with Gasteiger partial charge in [-0.25, -0.2) is 0 Å². The Hall–Kier alpha value is -0.530. The van der Waals surface area contributed by atoms with Gasteiger partial charge >= 0.3 is 0 Å². The zero-order valence-corrected chi connectivity index (χ0v) is 7.80. The lowest BCUT2D eigenvalue weighted by Gasteiger charge is -2.33. The van der Waals surface area contributed by atoms with Gasteiger partial charge in [0.2, 0.25) is 0 Å². The topological polar surface area (TPSA) is 26.3 Å². The smallest absolute Gasteiger partial charge is 0.293 e. The van der Waals surface area contributed by atoms with Crippen LogP contribution in [0.15, 0.2) is 0 Å². The fraction of sp³-hybridized carbons (Fsp3) is 0.900. The molecular formula is C10H16O2. The Bertz CT molecular complexity index is 210. The Balaban J connectivity index is 2.17. The fourth-order valence-corrected chi connectivity index (χ4v) is 3.14. The summed E-state index contributed by atoms with van der Waals surface area (Å²) in [5.74, 6) is 0.775. The number of carbonyl (C=O) groups excluding carboxylic acids is 1. The van der Waals surface area contributed by atoms with Crippen molar-refractivity contribution in [3.8, 4) is 0 Å². The summed E-state index contributed by atoms with van der Waals surface area (Å²) >= 11 is 0. The van der Waals surface area contributed by atoms with E-state index < -0.39 is 0 Å². The van der Waals surface area contributed by atoms with Gasteiger partial charge in [-0.15, -0.1) is 0 Å². The van der Waals surface area contributed by atoms with Crippen molar-refractivity contribution in [2.75, 3.05) is 0 Å². The van der Waals surface area contributed by atoms with Crippen LogP contribution in [0.5, 0.6) is 0 Å². The summed E-state index contributed by atoms with van der Waals surface area (Å²) in [5, 5.41) is 0. The van der Waals surface area contributed by atoms with Crippen molar-refractivity contribution in [1.29, 1.82) is 0 Å². The molecule has 0 radical (unpaired) electrons. The van der Waals surface area contributed by atoms with E-state index in [9.17, 15) is 4.79 Å².